The fourth-order valence-corrected chi connectivity index (χ4v) is 5.44. The molecule has 0 unspecified atom stereocenters. The van der Waals surface area contributed by atoms with Gasteiger partial charge in [-0.05, 0) is 66.3 Å². The number of benzene rings is 1. The summed E-state index contributed by atoms with van der Waals surface area (Å²) in [5.74, 6) is 2.95. The van der Waals surface area contributed by atoms with E-state index < -0.39 is 9.84 Å². The van der Waals surface area contributed by atoms with Crippen molar-refractivity contribution in [1.29, 1.82) is 0 Å². The van der Waals surface area contributed by atoms with Crippen molar-refractivity contribution in [3.05, 3.63) is 30.1 Å². The zero-order valence-electron chi connectivity index (χ0n) is 18.1. The quantitative estimate of drug-likeness (QED) is 0.477. The number of anilines is 1. The Balaban J connectivity index is 1.34. The minimum absolute atomic E-state index is 0.266. The number of rotatable bonds is 7. The third-order valence-corrected chi connectivity index (χ3v) is 8.07. The van der Waals surface area contributed by atoms with Crippen LogP contribution >= 0.6 is 11.8 Å². The molecule has 12 heteroatoms. The number of sulfone groups is 1. The zero-order chi connectivity index (χ0) is 22.3. The molecular weight excluding hydrogens is 448 g/mol. The Hall–Kier alpha value is -2.47. The Morgan fingerprint density at radius 1 is 1.03 bits per heavy atom. The SMILES string of the molecule is CC1CCN(c2nnc(SCc3nnnn3-c3ccc(S(C)(=O)=O)cc3)n2C2CC2)CC1. The van der Waals surface area contributed by atoms with Gasteiger partial charge in [0, 0.05) is 25.4 Å². The number of aromatic nitrogens is 7. The fourth-order valence-electron chi connectivity index (χ4n) is 3.90. The number of hydrogen-bond donors (Lipinski definition) is 0. The van der Waals surface area contributed by atoms with Crippen molar-refractivity contribution in [2.24, 2.45) is 5.92 Å². The van der Waals surface area contributed by atoms with E-state index in [1.54, 1.807) is 40.7 Å². The largest absolute Gasteiger partial charge is 0.341 e. The molecule has 32 heavy (non-hydrogen) atoms. The third kappa shape index (κ3) is 4.38. The molecule has 3 heterocycles. The highest BCUT2D eigenvalue weighted by Gasteiger charge is 2.32. The van der Waals surface area contributed by atoms with E-state index in [4.69, 9.17) is 0 Å². The highest BCUT2D eigenvalue weighted by molar-refractivity contribution is 7.98. The van der Waals surface area contributed by atoms with E-state index in [9.17, 15) is 8.42 Å². The number of tetrazole rings is 1. The first-order valence-electron chi connectivity index (χ1n) is 10.8. The molecule has 0 atom stereocenters. The predicted octanol–water partition coefficient (Wildman–Crippen LogP) is 2.52. The molecule has 1 aliphatic heterocycles. The molecule has 1 saturated carbocycles. The summed E-state index contributed by atoms with van der Waals surface area (Å²) in [5, 5.41) is 22.0. The Labute approximate surface area is 191 Å². The van der Waals surface area contributed by atoms with Gasteiger partial charge in [0.15, 0.2) is 20.8 Å². The summed E-state index contributed by atoms with van der Waals surface area (Å²) in [4.78, 5) is 2.63. The van der Waals surface area contributed by atoms with Gasteiger partial charge in [-0.25, -0.2) is 8.42 Å². The van der Waals surface area contributed by atoms with Crippen LogP contribution in [0, 0.1) is 5.92 Å². The minimum atomic E-state index is -3.25. The third-order valence-electron chi connectivity index (χ3n) is 6.00. The van der Waals surface area contributed by atoms with Gasteiger partial charge in [-0.2, -0.15) is 4.68 Å². The molecule has 0 bridgehead atoms. The van der Waals surface area contributed by atoms with E-state index in [2.05, 4.69) is 42.1 Å². The lowest BCUT2D eigenvalue weighted by Crippen LogP contribution is -2.34. The van der Waals surface area contributed by atoms with E-state index in [-0.39, 0.29) is 4.90 Å². The van der Waals surface area contributed by atoms with E-state index in [0.29, 0.717) is 23.3 Å². The number of nitrogens with zero attached hydrogens (tertiary/aromatic N) is 8. The van der Waals surface area contributed by atoms with Gasteiger partial charge in [0.2, 0.25) is 5.95 Å². The maximum atomic E-state index is 11.7. The van der Waals surface area contributed by atoms with Crippen LogP contribution in [0.15, 0.2) is 34.3 Å². The second-order valence-corrected chi connectivity index (χ2v) is 11.6. The average molecular weight is 475 g/mol. The first-order chi connectivity index (χ1) is 15.4. The Bertz CT molecular complexity index is 1190. The summed E-state index contributed by atoms with van der Waals surface area (Å²) in [6.45, 7) is 4.36. The molecule has 2 aromatic heterocycles. The molecule has 170 valence electrons. The minimum Gasteiger partial charge on any atom is -0.341 e. The van der Waals surface area contributed by atoms with Crippen LogP contribution in [0.4, 0.5) is 5.95 Å². The van der Waals surface area contributed by atoms with Crippen LogP contribution < -0.4 is 4.90 Å². The summed E-state index contributed by atoms with van der Waals surface area (Å²) >= 11 is 1.58. The summed E-state index contributed by atoms with van der Waals surface area (Å²) < 4.78 is 27.3. The summed E-state index contributed by atoms with van der Waals surface area (Å²) in [7, 11) is -3.25. The first kappa shape index (κ1) is 21.4. The second-order valence-electron chi connectivity index (χ2n) is 8.61. The molecule has 10 nitrogen and oxygen atoms in total. The van der Waals surface area contributed by atoms with Crippen molar-refractivity contribution in [1.82, 2.24) is 35.0 Å². The van der Waals surface area contributed by atoms with Gasteiger partial charge in [-0.15, -0.1) is 15.3 Å². The summed E-state index contributed by atoms with van der Waals surface area (Å²) in [6.07, 6.45) is 5.89. The van der Waals surface area contributed by atoms with Crippen LogP contribution in [0.25, 0.3) is 5.69 Å². The van der Waals surface area contributed by atoms with Crippen molar-refractivity contribution in [2.45, 2.75) is 54.5 Å². The van der Waals surface area contributed by atoms with Crippen LogP contribution in [-0.2, 0) is 15.6 Å². The molecule has 5 rings (SSSR count). The molecule has 1 saturated heterocycles. The lowest BCUT2D eigenvalue weighted by molar-refractivity contribution is 0.429. The lowest BCUT2D eigenvalue weighted by Gasteiger charge is -2.31. The van der Waals surface area contributed by atoms with Gasteiger partial charge < -0.3 is 4.90 Å². The molecule has 1 aliphatic carbocycles. The molecule has 0 N–H and O–H groups in total. The van der Waals surface area contributed by atoms with Crippen molar-refractivity contribution < 1.29 is 8.42 Å². The molecule has 0 amide bonds. The molecular formula is C20H26N8O2S2. The van der Waals surface area contributed by atoms with E-state index >= 15 is 0 Å². The smallest absolute Gasteiger partial charge is 0.228 e. The molecule has 1 aromatic carbocycles. The van der Waals surface area contributed by atoms with Gasteiger partial charge in [0.05, 0.1) is 16.3 Å². The monoisotopic (exact) mass is 474 g/mol. The molecule has 2 aliphatic rings. The fraction of sp³-hybridized carbons (Fsp3) is 0.550. The normalized spacial score (nSPS) is 17.8. The van der Waals surface area contributed by atoms with Crippen molar-refractivity contribution in [3.8, 4) is 5.69 Å². The lowest BCUT2D eigenvalue weighted by atomic mass is 10.00. The van der Waals surface area contributed by atoms with Gasteiger partial charge >= 0.3 is 0 Å². The van der Waals surface area contributed by atoms with Gasteiger partial charge in [0.25, 0.3) is 0 Å². The van der Waals surface area contributed by atoms with Gasteiger partial charge in [-0.3, -0.25) is 4.57 Å². The first-order valence-corrected chi connectivity index (χ1v) is 13.7. The van der Waals surface area contributed by atoms with Crippen molar-refractivity contribution in [2.75, 3.05) is 24.2 Å². The average Bonchev–Trinajstić information content (AvgIpc) is 3.35. The summed E-state index contributed by atoms with van der Waals surface area (Å²) in [6, 6.07) is 7.03. The second kappa shape index (κ2) is 8.47. The molecule has 3 aromatic rings. The maximum Gasteiger partial charge on any atom is 0.228 e. The highest BCUT2D eigenvalue weighted by atomic mass is 32.2. The van der Waals surface area contributed by atoms with Gasteiger partial charge in [0.1, 0.15) is 0 Å². The Kier molecular flexibility index (Phi) is 5.66. The van der Waals surface area contributed by atoms with Crippen molar-refractivity contribution in [3.63, 3.8) is 0 Å². The summed E-state index contributed by atoms with van der Waals surface area (Å²) in [5.41, 5.74) is 0.713. The van der Waals surface area contributed by atoms with Crippen LogP contribution in [0.1, 0.15) is 44.5 Å². The number of thioether (sulfide) groups is 1. The van der Waals surface area contributed by atoms with E-state index in [1.807, 2.05) is 0 Å². The van der Waals surface area contributed by atoms with E-state index in [0.717, 1.165) is 43.0 Å². The topological polar surface area (TPSA) is 112 Å². The van der Waals surface area contributed by atoms with Gasteiger partial charge in [-0.1, -0.05) is 18.7 Å². The standard InChI is InChI=1S/C20H26N8O2S2/c1-14-9-11-26(12-10-14)19-22-23-20(27(19)15-3-4-15)31-13-18-21-24-25-28(18)16-5-7-17(8-6-16)32(2,29)30/h5-8,14-15H,3-4,9-13H2,1-2H3. The van der Waals surface area contributed by atoms with Crippen LogP contribution in [-0.4, -0.2) is 62.7 Å². The molecule has 0 radical (unpaired) electrons. The maximum absolute atomic E-state index is 11.7. The Morgan fingerprint density at radius 2 is 1.75 bits per heavy atom. The number of hydrogen-bond acceptors (Lipinski definition) is 9. The van der Waals surface area contributed by atoms with Crippen LogP contribution in [0.2, 0.25) is 0 Å². The predicted molar refractivity (Wildman–Crippen MR) is 121 cm³/mol. The highest BCUT2D eigenvalue weighted by Crippen LogP contribution is 2.41. The Morgan fingerprint density at radius 3 is 2.41 bits per heavy atom. The van der Waals surface area contributed by atoms with Crippen molar-refractivity contribution >= 4 is 27.5 Å². The zero-order valence-corrected chi connectivity index (χ0v) is 19.8. The van der Waals surface area contributed by atoms with Crippen LogP contribution in [0.3, 0.4) is 0 Å². The molecule has 2 fully saturated rings. The van der Waals surface area contributed by atoms with E-state index in [1.165, 1.54) is 19.1 Å². The van der Waals surface area contributed by atoms with Crippen LogP contribution in [0.5, 0.6) is 0 Å². The number of piperidine rings is 1. The molecule has 0 spiro atoms.